The molecule has 0 radical (unpaired) electrons. The van der Waals surface area contributed by atoms with E-state index in [0.717, 1.165) is 0 Å². The Hall–Kier alpha value is -0.780. The van der Waals surface area contributed by atoms with Crippen molar-refractivity contribution in [3.8, 4) is 0 Å². The molecule has 0 bridgehead atoms. The minimum Gasteiger partial charge on any atom is -0.0654 e. The molecule has 15 heavy (non-hydrogen) atoms. The Balaban J connectivity index is 3.03. The first kappa shape index (κ1) is 12.3. The number of hydrogen-bond acceptors (Lipinski definition) is 0. The highest BCUT2D eigenvalue weighted by Gasteiger charge is 2.09. The third-order valence-corrected chi connectivity index (χ3v) is 3.09. The number of hydrogen-bond donors (Lipinski definition) is 0. The molecule has 0 heterocycles. The second-order valence-corrected chi connectivity index (χ2v) is 4.60. The fourth-order valence-electron chi connectivity index (χ4n) is 2.19. The molecule has 1 rings (SSSR count). The topological polar surface area (TPSA) is 0 Å². The van der Waals surface area contributed by atoms with E-state index in [9.17, 15) is 0 Å². The molecule has 1 aromatic carbocycles. The van der Waals surface area contributed by atoms with Crippen LogP contribution in [-0.4, -0.2) is 0 Å². The molecule has 0 saturated heterocycles. The van der Waals surface area contributed by atoms with E-state index >= 15 is 0 Å². The quantitative estimate of drug-likeness (QED) is 0.651. The first-order valence-corrected chi connectivity index (χ1v) is 6.31. The monoisotopic (exact) mass is 204 g/mol. The molecule has 0 spiro atoms. The van der Waals surface area contributed by atoms with E-state index in [0.29, 0.717) is 5.92 Å². The number of benzene rings is 1. The molecule has 0 atom stereocenters. The average Bonchev–Trinajstić information content (AvgIpc) is 2.25. The molecule has 0 aliphatic carbocycles. The predicted octanol–water partition coefficient (Wildman–Crippen LogP) is 4.72. The van der Waals surface area contributed by atoms with Crippen molar-refractivity contribution in [1.82, 2.24) is 0 Å². The average molecular weight is 204 g/mol. The van der Waals surface area contributed by atoms with Crippen LogP contribution in [0.4, 0.5) is 0 Å². The van der Waals surface area contributed by atoms with Crippen molar-refractivity contribution in [3.05, 3.63) is 34.9 Å². The van der Waals surface area contributed by atoms with Gasteiger partial charge in [0.15, 0.2) is 0 Å². The van der Waals surface area contributed by atoms with Gasteiger partial charge in [-0.25, -0.2) is 0 Å². The molecule has 0 nitrogen and oxygen atoms in total. The van der Waals surface area contributed by atoms with Crippen LogP contribution in [0.5, 0.6) is 0 Å². The van der Waals surface area contributed by atoms with Crippen LogP contribution in [0.25, 0.3) is 0 Å². The molecule has 0 unspecified atom stereocenters. The summed E-state index contributed by atoms with van der Waals surface area (Å²) in [6.45, 7) is 9.12. The summed E-state index contributed by atoms with van der Waals surface area (Å²) < 4.78 is 0. The summed E-state index contributed by atoms with van der Waals surface area (Å²) in [5, 5.41) is 0. The third kappa shape index (κ3) is 3.09. The number of aryl methyl sites for hydroxylation is 1. The Morgan fingerprint density at radius 3 is 2.40 bits per heavy atom. The van der Waals surface area contributed by atoms with Crippen LogP contribution < -0.4 is 0 Å². The molecule has 0 fully saturated rings. The SMILES string of the molecule is CCCCc1c(CC)cccc1C(C)C. The van der Waals surface area contributed by atoms with Gasteiger partial charge in [0.1, 0.15) is 0 Å². The maximum atomic E-state index is 2.30. The molecule has 0 heteroatoms. The second-order valence-electron chi connectivity index (χ2n) is 4.60. The van der Waals surface area contributed by atoms with Gasteiger partial charge in [-0.3, -0.25) is 0 Å². The first-order valence-electron chi connectivity index (χ1n) is 6.31. The minimum atomic E-state index is 0.656. The van der Waals surface area contributed by atoms with E-state index in [1.165, 1.54) is 25.7 Å². The van der Waals surface area contributed by atoms with Gasteiger partial charge in [0.2, 0.25) is 0 Å². The van der Waals surface area contributed by atoms with E-state index in [1.54, 1.807) is 16.7 Å². The van der Waals surface area contributed by atoms with Crippen LogP contribution in [0.1, 0.15) is 63.1 Å². The molecule has 1 aromatic rings. The van der Waals surface area contributed by atoms with Gasteiger partial charge < -0.3 is 0 Å². The van der Waals surface area contributed by atoms with Crippen molar-refractivity contribution in [2.45, 2.75) is 59.3 Å². The Labute approximate surface area is 94.7 Å². The molecule has 0 saturated carbocycles. The molecule has 0 N–H and O–H groups in total. The maximum absolute atomic E-state index is 2.30. The van der Waals surface area contributed by atoms with E-state index < -0.39 is 0 Å². The second kappa shape index (κ2) is 5.95. The summed E-state index contributed by atoms with van der Waals surface area (Å²) in [5.74, 6) is 0.656. The summed E-state index contributed by atoms with van der Waals surface area (Å²) in [5.41, 5.74) is 4.73. The fourth-order valence-corrected chi connectivity index (χ4v) is 2.19. The third-order valence-electron chi connectivity index (χ3n) is 3.09. The fraction of sp³-hybridized carbons (Fsp3) is 0.600. The van der Waals surface area contributed by atoms with Gasteiger partial charge in [-0.15, -0.1) is 0 Å². The van der Waals surface area contributed by atoms with Crippen molar-refractivity contribution in [1.29, 1.82) is 0 Å². The molecule has 0 aliphatic heterocycles. The highest BCUT2D eigenvalue weighted by molar-refractivity contribution is 5.37. The van der Waals surface area contributed by atoms with Crippen molar-refractivity contribution < 1.29 is 0 Å². The largest absolute Gasteiger partial charge is 0.0654 e. The van der Waals surface area contributed by atoms with Crippen LogP contribution in [0.3, 0.4) is 0 Å². The molecule has 0 aliphatic rings. The lowest BCUT2D eigenvalue weighted by molar-refractivity contribution is 0.758. The smallest absolute Gasteiger partial charge is 0.0216 e. The lowest BCUT2D eigenvalue weighted by Gasteiger charge is -2.16. The van der Waals surface area contributed by atoms with Crippen LogP contribution in [0, 0.1) is 0 Å². The zero-order valence-corrected chi connectivity index (χ0v) is 10.6. The normalized spacial score (nSPS) is 11.0. The Kier molecular flexibility index (Phi) is 4.87. The molecular weight excluding hydrogens is 180 g/mol. The molecule has 84 valence electrons. The Bertz CT molecular complexity index is 297. The highest BCUT2D eigenvalue weighted by Crippen LogP contribution is 2.24. The number of rotatable bonds is 5. The van der Waals surface area contributed by atoms with Gasteiger partial charge in [0.05, 0.1) is 0 Å². The van der Waals surface area contributed by atoms with Crippen molar-refractivity contribution in [3.63, 3.8) is 0 Å². The standard InChI is InChI=1S/C15H24/c1-5-7-10-15-13(6-2)9-8-11-14(15)12(3)4/h8-9,11-12H,5-7,10H2,1-4H3. The van der Waals surface area contributed by atoms with Crippen LogP contribution in [0.15, 0.2) is 18.2 Å². The van der Waals surface area contributed by atoms with Crippen LogP contribution in [0.2, 0.25) is 0 Å². The predicted molar refractivity (Wildman–Crippen MR) is 68.5 cm³/mol. The summed E-state index contributed by atoms with van der Waals surface area (Å²) in [7, 11) is 0. The van der Waals surface area contributed by atoms with Gasteiger partial charge in [-0.2, -0.15) is 0 Å². The lowest BCUT2D eigenvalue weighted by Crippen LogP contribution is -2.01. The van der Waals surface area contributed by atoms with Crippen molar-refractivity contribution >= 4 is 0 Å². The van der Waals surface area contributed by atoms with Crippen molar-refractivity contribution in [2.75, 3.05) is 0 Å². The maximum Gasteiger partial charge on any atom is -0.0216 e. The van der Waals surface area contributed by atoms with Gasteiger partial charge in [-0.05, 0) is 41.9 Å². The lowest BCUT2D eigenvalue weighted by atomic mass is 9.89. The molecular formula is C15H24. The highest BCUT2D eigenvalue weighted by atomic mass is 14.1. The van der Waals surface area contributed by atoms with E-state index in [1.807, 2.05) is 0 Å². The summed E-state index contributed by atoms with van der Waals surface area (Å²) >= 11 is 0. The zero-order valence-electron chi connectivity index (χ0n) is 10.6. The Morgan fingerprint density at radius 2 is 1.87 bits per heavy atom. The summed E-state index contributed by atoms with van der Waals surface area (Å²) in [6, 6.07) is 6.80. The Morgan fingerprint density at radius 1 is 1.13 bits per heavy atom. The molecule has 0 aromatic heterocycles. The van der Waals surface area contributed by atoms with E-state index in [-0.39, 0.29) is 0 Å². The zero-order chi connectivity index (χ0) is 11.3. The van der Waals surface area contributed by atoms with E-state index in [4.69, 9.17) is 0 Å². The van der Waals surface area contributed by atoms with E-state index in [2.05, 4.69) is 45.9 Å². The summed E-state index contributed by atoms with van der Waals surface area (Å²) in [4.78, 5) is 0. The molecule has 0 amide bonds. The summed E-state index contributed by atoms with van der Waals surface area (Å²) in [6.07, 6.45) is 5.03. The first-order chi connectivity index (χ1) is 7.20. The van der Waals surface area contributed by atoms with Gasteiger partial charge >= 0.3 is 0 Å². The minimum absolute atomic E-state index is 0.656. The van der Waals surface area contributed by atoms with Crippen LogP contribution >= 0.6 is 0 Å². The van der Waals surface area contributed by atoms with Crippen LogP contribution in [-0.2, 0) is 12.8 Å². The van der Waals surface area contributed by atoms with Gasteiger partial charge in [-0.1, -0.05) is 52.3 Å². The number of unbranched alkanes of at least 4 members (excludes halogenated alkanes) is 1. The van der Waals surface area contributed by atoms with Crippen molar-refractivity contribution in [2.24, 2.45) is 0 Å². The van der Waals surface area contributed by atoms with Gasteiger partial charge in [0, 0.05) is 0 Å². The van der Waals surface area contributed by atoms with Gasteiger partial charge in [0.25, 0.3) is 0 Å².